The highest BCUT2D eigenvalue weighted by atomic mass is 32.2. The Hall–Kier alpha value is -0.850. The summed E-state index contributed by atoms with van der Waals surface area (Å²) in [4.78, 5) is 4.29. The normalized spacial score (nSPS) is 12.9. The van der Waals surface area contributed by atoms with Gasteiger partial charge in [0.05, 0.1) is 12.4 Å². The van der Waals surface area contributed by atoms with Gasteiger partial charge in [0.15, 0.2) is 0 Å². The summed E-state index contributed by atoms with van der Waals surface area (Å²) in [6, 6.07) is 1.96. The average Bonchev–Trinajstić information content (AvgIpc) is 2.95. The second-order valence-corrected chi connectivity index (χ2v) is 5.53. The number of nitrogens with zero attached hydrogens (tertiary/aromatic N) is 2. The zero-order valence-corrected chi connectivity index (χ0v) is 10.4. The van der Waals surface area contributed by atoms with Crippen molar-refractivity contribution in [2.24, 2.45) is 0 Å². The van der Waals surface area contributed by atoms with Crippen LogP contribution in [0.2, 0.25) is 0 Å². The molecular formula is C10H12N2O2S2. The van der Waals surface area contributed by atoms with Gasteiger partial charge >= 0.3 is 0 Å². The van der Waals surface area contributed by atoms with E-state index in [2.05, 4.69) is 10.1 Å². The summed E-state index contributed by atoms with van der Waals surface area (Å²) >= 11 is 3.20. The van der Waals surface area contributed by atoms with Crippen molar-refractivity contribution in [3.05, 3.63) is 22.7 Å². The van der Waals surface area contributed by atoms with Gasteiger partial charge in [-0.25, -0.2) is 0 Å². The predicted molar refractivity (Wildman–Crippen MR) is 65.5 cm³/mol. The largest absolute Gasteiger partial charge is 0.395 e. The molecule has 0 radical (unpaired) electrons. The number of aliphatic hydroxyl groups excluding tert-OH is 1. The molecule has 1 atom stereocenters. The van der Waals surface area contributed by atoms with Crippen LogP contribution in [0.15, 0.2) is 21.3 Å². The second kappa shape index (κ2) is 5.47. The zero-order chi connectivity index (χ0) is 11.4. The maximum absolute atomic E-state index is 8.88. The highest BCUT2D eigenvalue weighted by molar-refractivity contribution is 7.99. The molecule has 0 aromatic carbocycles. The first kappa shape index (κ1) is 11.6. The van der Waals surface area contributed by atoms with Crippen molar-refractivity contribution < 1.29 is 9.63 Å². The van der Waals surface area contributed by atoms with Gasteiger partial charge in [0.25, 0.3) is 0 Å². The molecule has 16 heavy (non-hydrogen) atoms. The van der Waals surface area contributed by atoms with Crippen LogP contribution in [0.25, 0.3) is 11.4 Å². The molecule has 0 saturated heterocycles. The van der Waals surface area contributed by atoms with Crippen LogP contribution in [0.3, 0.4) is 0 Å². The quantitative estimate of drug-likeness (QED) is 0.890. The van der Waals surface area contributed by atoms with Crippen molar-refractivity contribution in [1.29, 1.82) is 0 Å². The second-order valence-electron chi connectivity index (χ2n) is 3.33. The molecular weight excluding hydrogens is 244 g/mol. The van der Waals surface area contributed by atoms with E-state index in [0.717, 1.165) is 5.56 Å². The lowest BCUT2D eigenvalue weighted by Gasteiger charge is -2.03. The first-order valence-corrected chi connectivity index (χ1v) is 6.86. The van der Waals surface area contributed by atoms with Gasteiger partial charge in [0.1, 0.15) is 0 Å². The van der Waals surface area contributed by atoms with Gasteiger partial charge in [0.2, 0.25) is 11.7 Å². The van der Waals surface area contributed by atoms with Crippen LogP contribution in [-0.2, 0) is 5.75 Å². The number of aromatic nitrogens is 2. The smallest absolute Gasteiger partial charge is 0.236 e. The molecule has 2 heterocycles. The Bertz CT molecular complexity index is 428. The van der Waals surface area contributed by atoms with Gasteiger partial charge in [-0.2, -0.15) is 16.3 Å². The minimum atomic E-state index is 0.163. The molecule has 6 heteroatoms. The van der Waals surface area contributed by atoms with Crippen LogP contribution in [0.1, 0.15) is 12.8 Å². The molecule has 2 rings (SSSR count). The molecule has 1 N–H and O–H groups in total. The topological polar surface area (TPSA) is 59.2 Å². The number of hydrogen-bond donors (Lipinski definition) is 1. The van der Waals surface area contributed by atoms with Crippen LogP contribution in [-0.4, -0.2) is 27.1 Å². The third-order valence-corrected chi connectivity index (χ3v) is 3.81. The highest BCUT2D eigenvalue weighted by Crippen LogP contribution is 2.21. The van der Waals surface area contributed by atoms with Crippen molar-refractivity contribution in [3.63, 3.8) is 0 Å². The average molecular weight is 256 g/mol. The Morgan fingerprint density at radius 2 is 2.50 bits per heavy atom. The first-order valence-electron chi connectivity index (χ1n) is 4.87. The molecule has 86 valence electrons. The molecule has 0 bridgehead atoms. The molecule has 4 nitrogen and oxygen atoms in total. The van der Waals surface area contributed by atoms with E-state index in [0.29, 0.717) is 17.5 Å². The maximum Gasteiger partial charge on any atom is 0.236 e. The van der Waals surface area contributed by atoms with Crippen molar-refractivity contribution in [3.8, 4) is 11.4 Å². The van der Waals surface area contributed by atoms with Crippen LogP contribution in [0.5, 0.6) is 0 Å². The van der Waals surface area contributed by atoms with E-state index in [1.165, 1.54) is 0 Å². The lowest BCUT2D eigenvalue weighted by molar-refractivity contribution is 0.300. The van der Waals surface area contributed by atoms with Crippen molar-refractivity contribution in [2.75, 3.05) is 6.61 Å². The Balaban J connectivity index is 1.98. The third kappa shape index (κ3) is 2.84. The van der Waals surface area contributed by atoms with Crippen LogP contribution in [0.4, 0.5) is 0 Å². The molecule has 0 aliphatic rings. The molecule has 0 saturated carbocycles. The molecule has 2 aromatic heterocycles. The Morgan fingerprint density at radius 3 is 3.19 bits per heavy atom. The van der Waals surface area contributed by atoms with Crippen molar-refractivity contribution in [1.82, 2.24) is 10.1 Å². The fourth-order valence-corrected chi connectivity index (χ4v) is 2.37. The summed E-state index contributed by atoms with van der Waals surface area (Å²) in [5.41, 5.74) is 0.986. The van der Waals surface area contributed by atoms with Gasteiger partial charge in [-0.3, -0.25) is 0 Å². The van der Waals surface area contributed by atoms with E-state index in [1.807, 2.05) is 23.8 Å². The van der Waals surface area contributed by atoms with Gasteiger partial charge in [-0.1, -0.05) is 12.1 Å². The molecule has 0 amide bonds. The summed E-state index contributed by atoms with van der Waals surface area (Å²) in [6.07, 6.45) is 0. The monoisotopic (exact) mass is 256 g/mol. The minimum Gasteiger partial charge on any atom is -0.395 e. The summed E-state index contributed by atoms with van der Waals surface area (Å²) in [5.74, 6) is 1.87. The third-order valence-electron chi connectivity index (χ3n) is 2.00. The number of thioether (sulfide) groups is 1. The Labute approximate surface area is 102 Å². The van der Waals surface area contributed by atoms with Gasteiger partial charge in [-0.05, 0) is 11.4 Å². The van der Waals surface area contributed by atoms with E-state index < -0.39 is 0 Å². The van der Waals surface area contributed by atoms with Crippen molar-refractivity contribution in [2.45, 2.75) is 17.9 Å². The Kier molecular flexibility index (Phi) is 3.98. The molecule has 2 aromatic rings. The summed E-state index contributed by atoms with van der Waals surface area (Å²) in [7, 11) is 0. The number of rotatable bonds is 5. The lowest BCUT2D eigenvalue weighted by atomic mass is 10.3. The molecule has 0 fully saturated rings. The summed E-state index contributed by atoms with van der Waals surface area (Å²) in [6.45, 7) is 2.12. The predicted octanol–water partition coefficient (Wildman–Crippen LogP) is 2.41. The summed E-state index contributed by atoms with van der Waals surface area (Å²) < 4.78 is 5.12. The van der Waals surface area contributed by atoms with Gasteiger partial charge < -0.3 is 9.63 Å². The zero-order valence-electron chi connectivity index (χ0n) is 8.79. The van der Waals surface area contributed by atoms with E-state index >= 15 is 0 Å². The maximum atomic E-state index is 8.88. The van der Waals surface area contributed by atoms with E-state index in [1.54, 1.807) is 23.1 Å². The molecule has 1 unspecified atom stereocenters. The molecule has 0 spiro atoms. The fraction of sp³-hybridized carbons (Fsp3) is 0.400. The first-order chi connectivity index (χ1) is 7.79. The fourth-order valence-electron chi connectivity index (χ4n) is 1.09. The summed E-state index contributed by atoms with van der Waals surface area (Å²) in [5, 5.41) is 16.9. The van der Waals surface area contributed by atoms with E-state index in [4.69, 9.17) is 9.63 Å². The lowest BCUT2D eigenvalue weighted by Crippen LogP contribution is -2.02. The van der Waals surface area contributed by atoms with Crippen LogP contribution >= 0.6 is 23.1 Å². The number of aliphatic hydroxyl groups is 1. The van der Waals surface area contributed by atoms with Gasteiger partial charge in [-0.15, -0.1) is 11.8 Å². The number of hydrogen-bond acceptors (Lipinski definition) is 6. The Morgan fingerprint density at radius 1 is 1.62 bits per heavy atom. The highest BCUT2D eigenvalue weighted by Gasteiger charge is 2.10. The minimum absolute atomic E-state index is 0.163. The van der Waals surface area contributed by atoms with Gasteiger partial charge in [0, 0.05) is 16.2 Å². The van der Waals surface area contributed by atoms with Crippen molar-refractivity contribution >= 4 is 23.1 Å². The molecule has 0 aliphatic carbocycles. The van der Waals surface area contributed by atoms with E-state index in [9.17, 15) is 0 Å². The standard InChI is InChI=1S/C10H12N2O2S2/c1-7(4-13)16-6-9-11-10(12-14-9)8-2-3-15-5-8/h2-3,5,7,13H,4,6H2,1H3. The SMILES string of the molecule is CC(CO)SCc1nc(-c2ccsc2)no1. The molecule has 0 aliphatic heterocycles. The van der Waals surface area contributed by atoms with Crippen LogP contribution in [0, 0.1) is 0 Å². The number of thiophene rings is 1. The van der Waals surface area contributed by atoms with E-state index in [-0.39, 0.29) is 11.9 Å². The van der Waals surface area contributed by atoms with Crippen LogP contribution < -0.4 is 0 Å².